The molecular weight excluding hydrogens is 344 g/mol. The Bertz CT molecular complexity index is 803. The smallest absolute Gasteiger partial charge is 0.262 e. The van der Waals surface area contributed by atoms with Gasteiger partial charge < -0.3 is 20.1 Å². The minimum absolute atomic E-state index is 0.0453. The number of amidine groups is 1. The molecule has 3 rings (SSSR count). The van der Waals surface area contributed by atoms with E-state index in [0.717, 1.165) is 37.2 Å². The van der Waals surface area contributed by atoms with E-state index in [9.17, 15) is 4.79 Å². The van der Waals surface area contributed by atoms with Gasteiger partial charge in [0.15, 0.2) is 0 Å². The summed E-state index contributed by atoms with van der Waals surface area (Å²) in [5, 5.41) is 14.0. The summed E-state index contributed by atoms with van der Waals surface area (Å²) in [6.07, 6.45) is 3.71. The van der Waals surface area contributed by atoms with Gasteiger partial charge in [0.05, 0.1) is 7.11 Å². The molecule has 27 heavy (non-hydrogen) atoms. The average Bonchev–Trinajstić information content (AvgIpc) is 2.69. The molecule has 0 aliphatic carbocycles. The molecule has 2 aromatic rings. The fourth-order valence-electron chi connectivity index (χ4n) is 2.96. The van der Waals surface area contributed by atoms with Gasteiger partial charge in [0.1, 0.15) is 23.3 Å². The molecule has 1 aliphatic heterocycles. The van der Waals surface area contributed by atoms with E-state index in [1.807, 2.05) is 24.3 Å². The van der Waals surface area contributed by atoms with Crippen LogP contribution in [0.1, 0.15) is 28.8 Å². The van der Waals surface area contributed by atoms with Crippen molar-refractivity contribution in [3.8, 4) is 11.6 Å². The van der Waals surface area contributed by atoms with Crippen LogP contribution in [0.25, 0.3) is 0 Å². The summed E-state index contributed by atoms with van der Waals surface area (Å²) < 4.78 is 11.1. The molecule has 2 heterocycles. The van der Waals surface area contributed by atoms with Crippen LogP contribution in [-0.4, -0.2) is 43.0 Å². The number of hydrogen-bond donors (Lipinski definition) is 3. The fourth-order valence-corrected chi connectivity index (χ4v) is 2.96. The highest BCUT2D eigenvalue weighted by atomic mass is 16.5. The van der Waals surface area contributed by atoms with Crippen LogP contribution in [0.4, 0.5) is 0 Å². The standard InChI is InChI=1S/C20H24N4O3/c1-26-16-5-2-4-14(12-16)13-18(21)24-19(25)17-6-3-9-23-20(17)27-15-7-10-22-11-8-15/h2-6,9,12,15,22H,7-8,10-11,13H2,1H3,(H2,21,24,25). The van der Waals surface area contributed by atoms with E-state index in [2.05, 4.69) is 15.6 Å². The zero-order valence-corrected chi connectivity index (χ0v) is 15.3. The third kappa shape index (κ3) is 5.27. The number of nitrogens with zero attached hydrogens (tertiary/aromatic N) is 1. The van der Waals surface area contributed by atoms with Crippen molar-refractivity contribution in [2.24, 2.45) is 0 Å². The Morgan fingerprint density at radius 2 is 2.11 bits per heavy atom. The quantitative estimate of drug-likeness (QED) is 0.536. The summed E-state index contributed by atoms with van der Waals surface area (Å²) in [7, 11) is 1.60. The van der Waals surface area contributed by atoms with E-state index < -0.39 is 0 Å². The van der Waals surface area contributed by atoms with Crippen molar-refractivity contribution in [3.63, 3.8) is 0 Å². The molecule has 0 bridgehead atoms. The summed E-state index contributed by atoms with van der Waals surface area (Å²) in [6.45, 7) is 1.79. The van der Waals surface area contributed by atoms with Gasteiger partial charge >= 0.3 is 0 Å². The molecule has 7 heteroatoms. The van der Waals surface area contributed by atoms with Gasteiger partial charge in [0.25, 0.3) is 5.91 Å². The van der Waals surface area contributed by atoms with Crippen LogP contribution in [0, 0.1) is 5.41 Å². The average molecular weight is 368 g/mol. The molecule has 0 spiro atoms. The van der Waals surface area contributed by atoms with Gasteiger partial charge in [-0.2, -0.15) is 0 Å². The number of piperidine rings is 1. The highest BCUT2D eigenvalue weighted by Gasteiger charge is 2.20. The van der Waals surface area contributed by atoms with Gasteiger partial charge in [-0.15, -0.1) is 0 Å². The second-order valence-corrected chi connectivity index (χ2v) is 6.38. The molecule has 142 valence electrons. The first-order valence-corrected chi connectivity index (χ1v) is 9.00. The number of benzene rings is 1. The van der Waals surface area contributed by atoms with Crippen molar-refractivity contribution in [1.29, 1.82) is 5.41 Å². The minimum Gasteiger partial charge on any atom is -0.497 e. The van der Waals surface area contributed by atoms with Gasteiger partial charge in [-0.3, -0.25) is 10.2 Å². The zero-order chi connectivity index (χ0) is 19.1. The third-order valence-corrected chi connectivity index (χ3v) is 4.36. The maximum absolute atomic E-state index is 12.6. The van der Waals surface area contributed by atoms with Crippen LogP contribution in [0.3, 0.4) is 0 Å². The lowest BCUT2D eigenvalue weighted by Crippen LogP contribution is -2.35. The molecule has 1 aromatic heterocycles. The third-order valence-electron chi connectivity index (χ3n) is 4.36. The number of rotatable bonds is 6. The molecule has 1 aromatic carbocycles. The van der Waals surface area contributed by atoms with Crippen molar-refractivity contribution in [2.45, 2.75) is 25.4 Å². The molecule has 0 radical (unpaired) electrons. The van der Waals surface area contributed by atoms with Crippen LogP contribution in [-0.2, 0) is 6.42 Å². The summed E-state index contributed by atoms with van der Waals surface area (Å²) in [6, 6.07) is 10.8. The molecule has 1 amide bonds. The molecule has 7 nitrogen and oxygen atoms in total. The van der Waals surface area contributed by atoms with Crippen LogP contribution in [0.2, 0.25) is 0 Å². The van der Waals surface area contributed by atoms with E-state index in [1.165, 1.54) is 0 Å². The number of ether oxygens (including phenoxy) is 2. The van der Waals surface area contributed by atoms with Gasteiger partial charge in [-0.25, -0.2) is 4.98 Å². The SMILES string of the molecule is COc1cccc(CC(=N)NC(=O)c2cccnc2OC2CCNCC2)c1. The van der Waals surface area contributed by atoms with Gasteiger partial charge in [0.2, 0.25) is 5.88 Å². The molecule has 0 atom stereocenters. The second-order valence-electron chi connectivity index (χ2n) is 6.38. The van der Waals surface area contributed by atoms with Crippen LogP contribution < -0.4 is 20.1 Å². The van der Waals surface area contributed by atoms with Crippen molar-refractivity contribution in [2.75, 3.05) is 20.2 Å². The number of carbonyl (C=O) groups excluding carboxylic acids is 1. The molecule has 1 fully saturated rings. The Hall–Kier alpha value is -2.93. The summed E-state index contributed by atoms with van der Waals surface area (Å²) in [4.78, 5) is 16.8. The van der Waals surface area contributed by atoms with Crippen LogP contribution >= 0.6 is 0 Å². The molecule has 1 aliphatic rings. The van der Waals surface area contributed by atoms with Crippen molar-refractivity contribution < 1.29 is 14.3 Å². The Labute approximate surface area is 158 Å². The minimum atomic E-state index is -0.389. The Balaban J connectivity index is 1.64. The maximum Gasteiger partial charge on any atom is 0.262 e. The predicted molar refractivity (Wildman–Crippen MR) is 103 cm³/mol. The first kappa shape index (κ1) is 18.8. The summed E-state index contributed by atoms with van der Waals surface area (Å²) >= 11 is 0. The first-order valence-electron chi connectivity index (χ1n) is 9.00. The Morgan fingerprint density at radius 1 is 1.30 bits per heavy atom. The topological polar surface area (TPSA) is 96.3 Å². The summed E-state index contributed by atoms with van der Waals surface area (Å²) in [5.74, 6) is 0.748. The van der Waals surface area contributed by atoms with E-state index in [1.54, 1.807) is 25.4 Å². The normalized spacial score (nSPS) is 14.4. The van der Waals surface area contributed by atoms with Gasteiger partial charge in [0, 0.05) is 12.6 Å². The Morgan fingerprint density at radius 3 is 2.89 bits per heavy atom. The molecule has 1 saturated heterocycles. The number of amides is 1. The maximum atomic E-state index is 12.6. The van der Waals surface area contributed by atoms with Crippen LogP contribution in [0.5, 0.6) is 11.6 Å². The highest BCUT2D eigenvalue weighted by molar-refractivity contribution is 6.07. The molecule has 0 saturated carbocycles. The Kier molecular flexibility index (Phi) is 6.38. The van der Waals surface area contributed by atoms with Crippen LogP contribution in [0.15, 0.2) is 42.6 Å². The largest absolute Gasteiger partial charge is 0.497 e. The van der Waals surface area contributed by atoms with Crippen molar-refractivity contribution in [1.82, 2.24) is 15.6 Å². The number of aromatic nitrogens is 1. The monoisotopic (exact) mass is 368 g/mol. The van der Waals surface area contributed by atoms with Gasteiger partial charge in [-0.1, -0.05) is 12.1 Å². The number of carbonyl (C=O) groups is 1. The second kappa shape index (κ2) is 9.14. The highest BCUT2D eigenvalue weighted by Crippen LogP contribution is 2.19. The van der Waals surface area contributed by atoms with E-state index in [4.69, 9.17) is 14.9 Å². The van der Waals surface area contributed by atoms with Crippen molar-refractivity contribution >= 4 is 11.7 Å². The molecule has 0 unspecified atom stereocenters. The van der Waals surface area contributed by atoms with Crippen molar-refractivity contribution in [3.05, 3.63) is 53.7 Å². The zero-order valence-electron chi connectivity index (χ0n) is 15.3. The van der Waals surface area contributed by atoms with E-state index >= 15 is 0 Å². The van der Waals surface area contributed by atoms with Gasteiger partial charge in [-0.05, 0) is 55.8 Å². The van der Waals surface area contributed by atoms with E-state index in [0.29, 0.717) is 17.9 Å². The number of hydrogen-bond acceptors (Lipinski definition) is 6. The lowest BCUT2D eigenvalue weighted by atomic mass is 10.1. The summed E-state index contributed by atoms with van der Waals surface area (Å²) in [5.41, 5.74) is 1.23. The molecular formula is C20H24N4O3. The molecule has 3 N–H and O–H groups in total. The fraction of sp³-hybridized carbons (Fsp3) is 0.350. The number of pyridine rings is 1. The first-order chi connectivity index (χ1) is 13.2. The number of nitrogens with one attached hydrogen (secondary N) is 3. The number of methoxy groups -OCH3 is 1. The van der Waals surface area contributed by atoms with E-state index in [-0.39, 0.29) is 17.8 Å². The lowest BCUT2D eigenvalue weighted by molar-refractivity contribution is 0.0963. The predicted octanol–water partition coefficient (Wildman–Crippen LogP) is 2.17. The lowest BCUT2D eigenvalue weighted by Gasteiger charge is -2.24.